The van der Waals surface area contributed by atoms with Crippen LogP contribution in [0.25, 0.3) is 0 Å². The van der Waals surface area contributed by atoms with Gasteiger partial charge in [-0.2, -0.15) is 0 Å². The predicted molar refractivity (Wildman–Crippen MR) is 78.2 cm³/mol. The molecule has 0 heterocycles. The molecular weight excluding hydrogens is 273 g/mol. The van der Waals surface area contributed by atoms with E-state index < -0.39 is 5.82 Å². The van der Waals surface area contributed by atoms with Gasteiger partial charge in [0.05, 0.1) is 13.7 Å². The first-order valence-corrected chi connectivity index (χ1v) is 6.56. The van der Waals surface area contributed by atoms with Crippen molar-refractivity contribution in [3.8, 4) is 17.2 Å². The second-order valence-electron chi connectivity index (χ2n) is 4.54. The molecule has 5 heteroatoms. The summed E-state index contributed by atoms with van der Waals surface area (Å²) in [7, 11) is 3.30. The van der Waals surface area contributed by atoms with E-state index in [1.165, 1.54) is 13.2 Å². The van der Waals surface area contributed by atoms with Gasteiger partial charge in [0, 0.05) is 6.54 Å². The quantitative estimate of drug-likeness (QED) is 0.859. The highest BCUT2D eigenvalue weighted by Gasteiger charge is 2.10. The zero-order valence-electron chi connectivity index (χ0n) is 12.0. The maximum Gasteiger partial charge on any atom is 0.169 e. The second-order valence-corrected chi connectivity index (χ2v) is 4.54. The van der Waals surface area contributed by atoms with Crippen molar-refractivity contribution in [2.24, 2.45) is 0 Å². The first-order chi connectivity index (χ1) is 10.2. The van der Waals surface area contributed by atoms with Crippen molar-refractivity contribution < 1.29 is 19.0 Å². The van der Waals surface area contributed by atoms with Gasteiger partial charge in [0.2, 0.25) is 0 Å². The van der Waals surface area contributed by atoms with Gasteiger partial charge in [-0.15, -0.1) is 0 Å². The zero-order valence-corrected chi connectivity index (χ0v) is 12.0. The van der Waals surface area contributed by atoms with Crippen molar-refractivity contribution in [1.29, 1.82) is 0 Å². The standard InChI is InChI=1S/C16H18FNO3/c1-18-9-11-3-5-14(13(17)7-11)21-15-6-4-12(10-19)8-16(15)20-2/h3-8,18-19H,9-10H2,1-2H3. The molecule has 4 nitrogen and oxygen atoms in total. The molecule has 0 atom stereocenters. The Hall–Kier alpha value is -2.11. The molecule has 2 rings (SSSR count). The molecule has 0 radical (unpaired) electrons. The Kier molecular flexibility index (Phi) is 5.14. The average molecular weight is 291 g/mol. The van der Waals surface area contributed by atoms with Gasteiger partial charge in [-0.3, -0.25) is 0 Å². The lowest BCUT2D eigenvalue weighted by atomic mass is 10.2. The van der Waals surface area contributed by atoms with Gasteiger partial charge in [0.25, 0.3) is 0 Å². The Bertz CT molecular complexity index is 616. The minimum Gasteiger partial charge on any atom is -0.493 e. The third-order valence-electron chi connectivity index (χ3n) is 3.01. The minimum absolute atomic E-state index is 0.0935. The highest BCUT2D eigenvalue weighted by atomic mass is 19.1. The summed E-state index contributed by atoms with van der Waals surface area (Å²) in [5, 5.41) is 12.1. The molecule has 0 fully saturated rings. The number of rotatable bonds is 6. The van der Waals surface area contributed by atoms with Gasteiger partial charge in [0.1, 0.15) is 0 Å². The molecule has 0 spiro atoms. The Morgan fingerprint density at radius 3 is 2.38 bits per heavy atom. The number of halogens is 1. The number of benzene rings is 2. The van der Waals surface area contributed by atoms with Gasteiger partial charge in [-0.1, -0.05) is 12.1 Å². The van der Waals surface area contributed by atoms with Gasteiger partial charge >= 0.3 is 0 Å². The fourth-order valence-electron chi connectivity index (χ4n) is 1.95. The first-order valence-electron chi connectivity index (χ1n) is 6.56. The molecule has 0 saturated heterocycles. The molecule has 0 saturated carbocycles. The van der Waals surface area contributed by atoms with Crippen molar-refractivity contribution in [3.63, 3.8) is 0 Å². The smallest absolute Gasteiger partial charge is 0.169 e. The van der Waals surface area contributed by atoms with Gasteiger partial charge in [-0.25, -0.2) is 4.39 Å². The molecule has 0 aliphatic rings. The maximum atomic E-state index is 14.0. The Balaban J connectivity index is 2.25. The summed E-state index contributed by atoms with van der Waals surface area (Å²) in [5.41, 5.74) is 1.54. The van der Waals surface area contributed by atoms with Crippen molar-refractivity contribution >= 4 is 0 Å². The van der Waals surface area contributed by atoms with E-state index in [4.69, 9.17) is 14.6 Å². The SMILES string of the molecule is CNCc1ccc(Oc2ccc(CO)cc2OC)c(F)c1. The van der Waals surface area contributed by atoms with Crippen LogP contribution in [0.5, 0.6) is 17.2 Å². The largest absolute Gasteiger partial charge is 0.493 e. The van der Waals surface area contributed by atoms with Crippen molar-refractivity contribution in [2.75, 3.05) is 14.2 Å². The number of hydrogen-bond donors (Lipinski definition) is 2. The summed E-state index contributed by atoms with van der Waals surface area (Å²) in [6.07, 6.45) is 0. The van der Waals surface area contributed by atoms with Gasteiger partial charge < -0.3 is 19.9 Å². The molecule has 0 unspecified atom stereocenters. The van der Waals surface area contributed by atoms with Gasteiger partial charge in [0.15, 0.2) is 23.1 Å². The normalized spacial score (nSPS) is 10.5. The predicted octanol–water partition coefficient (Wildman–Crippen LogP) is 2.84. The molecule has 2 aromatic carbocycles. The molecule has 2 N–H and O–H groups in total. The van der Waals surface area contributed by atoms with Crippen LogP contribution < -0.4 is 14.8 Å². The molecular formula is C16H18FNO3. The summed E-state index contributed by atoms with van der Waals surface area (Å²) >= 11 is 0. The van der Waals surface area contributed by atoms with Crippen molar-refractivity contribution in [1.82, 2.24) is 5.32 Å². The summed E-state index contributed by atoms with van der Waals surface area (Å²) < 4.78 is 24.8. The number of hydrogen-bond acceptors (Lipinski definition) is 4. The van der Waals surface area contributed by atoms with E-state index in [-0.39, 0.29) is 12.4 Å². The summed E-state index contributed by atoms with van der Waals surface area (Å²) in [5.74, 6) is 0.538. The summed E-state index contributed by atoms with van der Waals surface area (Å²) in [4.78, 5) is 0. The fourth-order valence-corrected chi connectivity index (χ4v) is 1.95. The van der Waals surface area contributed by atoms with E-state index in [9.17, 15) is 4.39 Å². The number of ether oxygens (including phenoxy) is 2. The third-order valence-corrected chi connectivity index (χ3v) is 3.01. The van der Waals surface area contributed by atoms with Crippen LogP contribution in [0, 0.1) is 5.82 Å². The van der Waals surface area contributed by atoms with Crippen LogP contribution >= 0.6 is 0 Å². The Labute approximate surface area is 123 Å². The van der Waals surface area contributed by atoms with Crippen LogP contribution in [0.2, 0.25) is 0 Å². The molecule has 0 aromatic heterocycles. The Morgan fingerprint density at radius 2 is 1.76 bits per heavy atom. The van der Waals surface area contributed by atoms with E-state index in [2.05, 4.69) is 5.32 Å². The number of aliphatic hydroxyl groups is 1. The lowest BCUT2D eigenvalue weighted by Crippen LogP contribution is -2.05. The molecule has 0 aliphatic heterocycles. The van der Waals surface area contributed by atoms with Crippen LogP contribution in [0.3, 0.4) is 0 Å². The minimum atomic E-state index is -0.434. The van der Waals surface area contributed by atoms with E-state index in [0.717, 1.165) is 5.56 Å². The molecule has 0 amide bonds. The molecule has 0 bridgehead atoms. The first kappa shape index (κ1) is 15.3. The second kappa shape index (κ2) is 7.06. The van der Waals surface area contributed by atoms with E-state index in [1.54, 1.807) is 37.4 Å². The van der Waals surface area contributed by atoms with Crippen LogP contribution in [-0.2, 0) is 13.2 Å². The number of aliphatic hydroxyl groups excluding tert-OH is 1. The van der Waals surface area contributed by atoms with Crippen LogP contribution in [0.4, 0.5) is 4.39 Å². The molecule has 0 aliphatic carbocycles. The van der Waals surface area contributed by atoms with Crippen molar-refractivity contribution in [3.05, 3.63) is 53.3 Å². The number of methoxy groups -OCH3 is 1. The maximum absolute atomic E-state index is 14.0. The van der Waals surface area contributed by atoms with E-state index in [0.29, 0.717) is 23.6 Å². The third kappa shape index (κ3) is 3.71. The summed E-state index contributed by atoms with van der Waals surface area (Å²) in [6, 6.07) is 9.81. The monoisotopic (exact) mass is 291 g/mol. The Morgan fingerprint density at radius 1 is 1.05 bits per heavy atom. The lowest BCUT2D eigenvalue weighted by Gasteiger charge is -2.12. The highest BCUT2D eigenvalue weighted by Crippen LogP contribution is 2.33. The zero-order chi connectivity index (χ0) is 15.2. The molecule has 21 heavy (non-hydrogen) atoms. The number of nitrogens with one attached hydrogen (secondary N) is 1. The highest BCUT2D eigenvalue weighted by molar-refractivity contribution is 5.45. The average Bonchev–Trinajstić information content (AvgIpc) is 2.50. The fraction of sp³-hybridized carbons (Fsp3) is 0.250. The lowest BCUT2D eigenvalue weighted by molar-refractivity contribution is 0.280. The summed E-state index contributed by atoms with van der Waals surface area (Å²) in [6.45, 7) is 0.495. The van der Waals surface area contributed by atoms with Crippen LogP contribution in [0.1, 0.15) is 11.1 Å². The van der Waals surface area contributed by atoms with Crippen molar-refractivity contribution in [2.45, 2.75) is 13.2 Å². The van der Waals surface area contributed by atoms with E-state index >= 15 is 0 Å². The van der Waals surface area contributed by atoms with Gasteiger partial charge in [-0.05, 0) is 42.4 Å². The van der Waals surface area contributed by atoms with E-state index in [1.807, 2.05) is 0 Å². The molecule has 2 aromatic rings. The van der Waals surface area contributed by atoms with Crippen LogP contribution in [0.15, 0.2) is 36.4 Å². The topological polar surface area (TPSA) is 50.7 Å². The molecule has 112 valence electrons. The van der Waals surface area contributed by atoms with Crippen LogP contribution in [-0.4, -0.2) is 19.3 Å².